The van der Waals surface area contributed by atoms with Gasteiger partial charge in [-0.05, 0) is 19.8 Å². The number of aliphatic imine (C=N–C) groups is 1. The fraction of sp³-hybridized carbons (Fsp3) is 0.375. The molecule has 110 valence electrons. The van der Waals surface area contributed by atoms with E-state index in [2.05, 4.69) is 45.0 Å². The molecule has 1 aliphatic rings. The lowest BCUT2D eigenvalue weighted by atomic mass is 10.2. The molecule has 2 aromatic rings. The second-order valence-electron chi connectivity index (χ2n) is 5.12. The third-order valence-corrected chi connectivity index (χ3v) is 4.17. The molecule has 0 amide bonds. The van der Waals surface area contributed by atoms with Crippen LogP contribution in [0.15, 0.2) is 40.7 Å². The summed E-state index contributed by atoms with van der Waals surface area (Å²) in [5.41, 5.74) is 2.19. The molecule has 2 N–H and O–H groups in total. The van der Waals surface area contributed by atoms with Crippen molar-refractivity contribution in [2.75, 3.05) is 6.54 Å². The first-order chi connectivity index (χ1) is 10.3. The maximum Gasteiger partial charge on any atom is 0.191 e. The van der Waals surface area contributed by atoms with Gasteiger partial charge in [-0.1, -0.05) is 30.3 Å². The van der Waals surface area contributed by atoms with Gasteiger partial charge in [0.25, 0.3) is 0 Å². The van der Waals surface area contributed by atoms with Crippen molar-refractivity contribution in [1.29, 1.82) is 0 Å². The zero-order chi connectivity index (χ0) is 14.5. The highest BCUT2D eigenvalue weighted by atomic mass is 32.1. The van der Waals surface area contributed by atoms with Gasteiger partial charge in [0.15, 0.2) is 5.96 Å². The van der Waals surface area contributed by atoms with Crippen LogP contribution in [0.4, 0.5) is 0 Å². The third kappa shape index (κ3) is 4.04. The Bertz CT molecular complexity index is 602. The Morgan fingerprint density at radius 1 is 1.33 bits per heavy atom. The zero-order valence-electron chi connectivity index (χ0n) is 12.2. The molecule has 1 aromatic heterocycles. The van der Waals surface area contributed by atoms with Crippen LogP contribution in [0.3, 0.4) is 0 Å². The molecule has 0 bridgehead atoms. The second-order valence-corrected chi connectivity index (χ2v) is 5.98. The highest BCUT2D eigenvalue weighted by Crippen LogP contribution is 2.23. The molecule has 1 aliphatic carbocycles. The predicted molar refractivity (Wildman–Crippen MR) is 88.5 cm³/mol. The SMILES string of the molecule is CCNC(=NCc1csc(-c2ccccc2)n1)NC1CC1. The normalized spacial score (nSPS) is 15.0. The summed E-state index contributed by atoms with van der Waals surface area (Å²) in [7, 11) is 0. The number of rotatable bonds is 5. The van der Waals surface area contributed by atoms with Crippen LogP contribution in [0.2, 0.25) is 0 Å². The van der Waals surface area contributed by atoms with Gasteiger partial charge >= 0.3 is 0 Å². The predicted octanol–water partition coefficient (Wildman–Crippen LogP) is 3.03. The van der Waals surface area contributed by atoms with Gasteiger partial charge in [-0.25, -0.2) is 9.98 Å². The van der Waals surface area contributed by atoms with Gasteiger partial charge in [0.1, 0.15) is 5.01 Å². The van der Waals surface area contributed by atoms with Crippen LogP contribution in [0.1, 0.15) is 25.5 Å². The molecular formula is C16H20N4S. The van der Waals surface area contributed by atoms with Crippen LogP contribution >= 0.6 is 11.3 Å². The Kier molecular flexibility index (Phi) is 4.50. The first-order valence-corrected chi connectivity index (χ1v) is 8.28. The largest absolute Gasteiger partial charge is 0.357 e. The summed E-state index contributed by atoms with van der Waals surface area (Å²) in [6.45, 7) is 3.58. The van der Waals surface area contributed by atoms with E-state index in [-0.39, 0.29) is 0 Å². The number of aromatic nitrogens is 1. The summed E-state index contributed by atoms with van der Waals surface area (Å²) >= 11 is 1.67. The Morgan fingerprint density at radius 2 is 2.14 bits per heavy atom. The third-order valence-electron chi connectivity index (χ3n) is 3.23. The van der Waals surface area contributed by atoms with Gasteiger partial charge in [0.2, 0.25) is 0 Å². The average Bonchev–Trinajstić information content (AvgIpc) is 3.20. The lowest BCUT2D eigenvalue weighted by Crippen LogP contribution is -2.38. The van der Waals surface area contributed by atoms with Gasteiger partial charge in [0.05, 0.1) is 12.2 Å². The fourth-order valence-electron chi connectivity index (χ4n) is 1.99. The van der Waals surface area contributed by atoms with E-state index in [0.29, 0.717) is 12.6 Å². The van der Waals surface area contributed by atoms with Crippen molar-refractivity contribution < 1.29 is 0 Å². The molecule has 5 heteroatoms. The second kappa shape index (κ2) is 6.72. The number of guanidine groups is 1. The van der Waals surface area contributed by atoms with E-state index in [9.17, 15) is 0 Å². The molecule has 21 heavy (non-hydrogen) atoms. The topological polar surface area (TPSA) is 49.3 Å². The molecule has 0 spiro atoms. The first-order valence-electron chi connectivity index (χ1n) is 7.40. The van der Waals surface area contributed by atoms with Crippen molar-refractivity contribution in [2.24, 2.45) is 4.99 Å². The van der Waals surface area contributed by atoms with Gasteiger partial charge in [0, 0.05) is 23.5 Å². The van der Waals surface area contributed by atoms with Crippen LogP contribution in [0.5, 0.6) is 0 Å². The van der Waals surface area contributed by atoms with Crippen LogP contribution in [-0.4, -0.2) is 23.5 Å². The Balaban J connectivity index is 1.65. The van der Waals surface area contributed by atoms with E-state index in [1.165, 1.54) is 18.4 Å². The molecule has 1 aromatic carbocycles. The minimum Gasteiger partial charge on any atom is -0.357 e. The minimum absolute atomic E-state index is 0.609. The molecule has 1 saturated carbocycles. The van der Waals surface area contributed by atoms with E-state index in [1.807, 2.05) is 18.2 Å². The molecule has 3 rings (SSSR count). The van der Waals surface area contributed by atoms with Crippen molar-refractivity contribution in [3.63, 3.8) is 0 Å². The summed E-state index contributed by atoms with van der Waals surface area (Å²) in [6.07, 6.45) is 2.50. The molecule has 0 atom stereocenters. The molecule has 0 saturated heterocycles. The number of nitrogens with zero attached hydrogens (tertiary/aromatic N) is 2. The van der Waals surface area contributed by atoms with E-state index >= 15 is 0 Å². The van der Waals surface area contributed by atoms with Gasteiger partial charge in [-0.3, -0.25) is 0 Å². The lowest BCUT2D eigenvalue weighted by Gasteiger charge is -2.09. The van der Waals surface area contributed by atoms with E-state index < -0.39 is 0 Å². The molecule has 1 heterocycles. The van der Waals surface area contributed by atoms with Crippen LogP contribution in [0, 0.1) is 0 Å². The maximum atomic E-state index is 4.66. The molecule has 0 unspecified atom stereocenters. The van der Waals surface area contributed by atoms with Crippen LogP contribution < -0.4 is 10.6 Å². The monoisotopic (exact) mass is 300 g/mol. The molecule has 0 aliphatic heterocycles. The minimum atomic E-state index is 0.609. The molecule has 0 radical (unpaired) electrons. The summed E-state index contributed by atoms with van der Waals surface area (Å²) < 4.78 is 0. The molecule has 1 fully saturated rings. The van der Waals surface area contributed by atoms with Crippen LogP contribution in [0.25, 0.3) is 10.6 Å². The van der Waals surface area contributed by atoms with E-state index in [1.54, 1.807) is 11.3 Å². The smallest absolute Gasteiger partial charge is 0.191 e. The number of hydrogen-bond donors (Lipinski definition) is 2. The van der Waals surface area contributed by atoms with Crippen molar-refractivity contribution >= 4 is 17.3 Å². The van der Waals surface area contributed by atoms with Gasteiger partial charge < -0.3 is 10.6 Å². The Labute approximate surface area is 129 Å². The van der Waals surface area contributed by atoms with Gasteiger partial charge in [-0.15, -0.1) is 11.3 Å². The van der Waals surface area contributed by atoms with Crippen molar-refractivity contribution in [3.05, 3.63) is 41.4 Å². The number of hydrogen-bond acceptors (Lipinski definition) is 3. The quantitative estimate of drug-likeness (QED) is 0.659. The van der Waals surface area contributed by atoms with Crippen molar-refractivity contribution in [3.8, 4) is 10.6 Å². The number of thiazole rings is 1. The summed E-state index contributed by atoms with van der Waals surface area (Å²) in [5.74, 6) is 0.897. The van der Waals surface area contributed by atoms with Crippen molar-refractivity contribution in [2.45, 2.75) is 32.4 Å². The average molecular weight is 300 g/mol. The molecular weight excluding hydrogens is 280 g/mol. The first kappa shape index (κ1) is 14.1. The standard InChI is InChI=1S/C16H20N4S/c1-2-17-16(20-13-8-9-13)18-10-14-11-21-15(19-14)12-6-4-3-5-7-12/h3-7,11,13H,2,8-10H2,1H3,(H2,17,18,20). The maximum absolute atomic E-state index is 4.66. The Morgan fingerprint density at radius 3 is 2.86 bits per heavy atom. The number of benzene rings is 1. The highest BCUT2D eigenvalue weighted by molar-refractivity contribution is 7.13. The highest BCUT2D eigenvalue weighted by Gasteiger charge is 2.22. The summed E-state index contributed by atoms with van der Waals surface area (Å²) in [6, 6.07) is 10.9. The van der Waals surface area contributed by atoms with E-state index in [4.69, 9.17) is 0 Å². The lowest BCUT2D eigenvalue weighted by molar-refractivity contribution is 0.809. The number of nitrogens with one attached hydrogen (secondary N) is 2. The fourth-order valence-corrected chi connectivity index (χ4v) is 2.81. The summed E-state index contributed by atoms with van der Waals surface area (Å²) in [4.78, 5) is 9.27. The van der Waals surface area contributed by atoms with Gasteiger partial charge in [-0.2, -0.15) is 0 Å². The Hall–Kier alpha value is -1.88. The zero-order valence-corrected chi connectivity index (χ0v) is 13.0. The van der Waals surface area contributed by atoms with Crippen LogP contribution in [-0.2, 0) is 6.54 Å². The van der Waals surface area contributed by atoms with Crippen molar-refractivity contribution in [1.82, 2.24) is 15.6 Å². The van der Waals surface area contributed by atoms with E-state index in [0.717, 1.165) is 23.2 Å². The molecule has 4 nitrogen and oxygen atoms in total. The summed E-state index contributed by atoms with van der Waals surface area (Å²) in [5, 5.41) is 9.84.